The molecular weight excluding hydrogens is 533 g/mol. The third-order valence-electron chi connectivity index (χ3n) is 4.90. The number of nitriles is 1. The fraction of sp³-hybridized carbons (Fsp3) is 0.250. The summed E-state index contributed by atoms with van der Waals surface area (Å²) in [5, 5.41) is 13.5. The van der Waals surface area contributed by atoms with Crippen LogP contribution in [0.15, 0.2) is 41.5 Å². The second-order valence-corrected chi connectivity index (χ2v) is 8.61. The highest BCUT2D eigenvalue weighted by atomic mass is 127. The summed E-state index contributed by atoms with van der Waals surface area (Å²) >= 11 is 2.28. The first-order valence-electron chi connectivity index (χ1n) is 10.1. The maximum absolute atomic E-state index is 12.2. The van der Waals surface area contributed by atoms with E-state index in [2.05, 4.69) is 73.0 Å². The van der Waals surface area contributed by atoms with Crippen molar-refractivity contribution >= 4 is 34.7 Å². The number of ether oxygens (including phenoxy) is 2. The Balaban J connectivity index is 1.65. The van der Waals surface area contributed by atoms with Gasteiger partial charge in [-0.25, -0.2) is 10.4 Å². The predicted molar refractivity (Wildman–Crippen MR) is 134 cm³/mol. The molecule has 170 valence electrons. The number of hydrogen-bond acceptors (Lipinski definition) is 6. The van der Waals surface area contributed by atoms with Crippen LogP contribution in [0.1, 0.15) is 33.8 Å². The minimum Gasteiger partial charge on any atom is -0.467 e. The Morgan fingerprint density at radius 3 is 2.67 bits per heavy atom. The smallest absolute Gasteiger partial charge is 0.278 e. The molecule has 0 aliphatic rings. The molecule has 3 aromatic rings. The molecule has 0 spiro atoms. The van der Waals surface area contributed by atoms with Gasteiger partial charge in [0.1, 0.15) is 11.6 Å². The molecular formula is C24H24IN5O3. The van der Waals surface area contributed by atoms with Gasteiger partial charge in [-0.2, -0.15) is 10.4 Å². The zero-order valence-corrected chi connectivity index (χ0v) is 21.0. The SMILES string of the molecule is COCc1cc(C)nc(OCC(=O)NN=Cc2cc(C)n(-c3ccc(I)cc3)c2C)c1C#N. The van der Waals surface area contributed by atoms with Crippen LogP contribution in [0.3, 0.4) is 0 Å². The van der Waals surface area contributed by atoms with Crippen molar-refractivity contribution in [1.29, 1.82) is 5.26 Å². The number of aromatic nitrogens is 2. The van der Waals surface area contributed by atoms with E-state index in [9.17, 15) is 10.1 Å². The summed E-state index contributed by atoms with van der Waals surface area (Å²) in [6, 6.07) is 14.1. The van der Waals surface area contributed by atoms with Gasteiger partial charge in [0.15, 0.2) is 6.61 Å². The van der Waals surface area contributed by atoms with E-state index in [4.69, 9.17) is 9.47 Å². The molecule has 1 N–H and O–H groups in total. The number of methoxy groups -OCH3 is 1. The Morgan fingerprint density at radius 1 is 1.27 bits per heavy atom. The molecule has 0 saturated heterocycles. The number of rotatable bonds is 8. The minimum absolute atomic E-state index is 0.102. The van der Waals surface area contributed by atoms with Crippen LogP contribution < -0.4 is 10.2 Å². The average Bonchev–Trinajstić information content (AvgIpc) is 3.06. The van der Waals surface area contributed by atoms with Crippen molar-refractivity contribution in [2.75, 3.05) is 13.7 Å². The third kappa shape index (κ3) is 5.97. The lowest BCUT2D eigenvalue weighted by Crippen LogP contribution is -2.25. The van der Waals surface area contributed by atoms with Crippen LogP contribution in [0.5, 0.6) is 5.88 Å². The molecule has 0 aliphatic heterocycles. The predicted octanol–water partition coefficient (Wildman–Crippen LogP) is 3.95. The monoisotopic (exact) mass is 557 g/mol. The first-order valence-corrected chi connectivity index (χ1v) is 11.2. The number of nitrogens with zero attached hydrogens (tertiary/aromatic N) is 4. The zero-order valence-electron chi connectivity index (χ0n) is 18.8. The highest BCUT2D eigenvalue weighted by Crippen LogP contribution is 2.22. The first kappa shape index (κ1) is 24.4. The number of nitrogens with one attached hydrogen (secondary N) is 1. The molecule has 33 heavy (non-hydrogen) atoms. The molecule has 3 rings (SSSR count). The van der Waals surface area contributed by atoms with Crippen LogP contribution in [0.25, 0.3) is 5.69 Å². The number of hydrazone groups is 1. The molecule has 2 heterocycles. The zero-order chi connectivity index (χ0) is 24.0. The molecule has 0 atom stereocenters. The molecule has 0 radical (unpaired) electrons. The fourth-order valence-corrected chi connectivity index (χ4v) is 3.81. The second kappa shape index (κ2) is 11.1. The highest BCUT2D eigenvalue weighted by molar-refractivity contribution is 14.1. The van der Waals surface area contributed by atoms with Gasteiger partial charge in [0.05, 0.1) is 12.8 Å². The number of aryl methyl sites for hydroxylation is 2. The number of amides is 1. The van der Waals surface area contributed by atoms with E-state index in [-0.39, 0.29) is 24.7 Å². The van der Waals surface area contributed by atoms with E-state index >= 15 is 0 Å². The number of benzene rings is 1. The molecule has 0 saturated carbocycles. The Morgan fingerprint density at radius 2 is 2.00 bits per heavy atom. The topological polar surface area (TPSA) is 102 Å². The molecule has 0 unspecified atom stereocenters. The van der Waals surface area contributed by atoms with E-state index in [0.29, 0.717) is 11.3 Å². The summed E-state index contributed by atoms with van der Waals surface area (Å²) in [5.74, 6) is -0.358. The van der Waals surface area contributed by atoms with Gasteiger partial charge in [0.2, 0.25) is 5.88 Å². The van der Waals surface area contributed by atoms with Crippen LogP contribution in [0.2, 0.25) is 0 Å². The second-order valence-electron chi connectivity index (χ2n) is 7.37. The van der Waals surface area contributed by atoms with E-state index < -0.39 is 5.91 Å². The largest absolute Gasteiger partial charge is 0.467 e. The van der Waals surface area contributed by atoms with Gasteiger partial charge in [0, 0.05) is 44.6 Å². The minimum atomic E-state index is -0.460. The summed E-state index contributed by atoms with van der Waals surface area (Å²) in [6.07, 6.45) is 1.60. The number of carbonyl (C=O) groups excluding carboxylic acids is 1. The molecule has 0 aliphatic carbocycles. The normalized spacial score (nSPS) is 10.9. The van der Waals surface area contributed by atoms with Gasteiger partial charge in [-0.05, 0) is 79.8 Å². The van der Waals surface area contributed by atoms with Gasteiger partial charge < -0.3 is 14.0 Å². The van der Waals surface area contributed by atoms with Gasteiger partial charge in [0.25, 0.3) is 5.91 Å². The fourth-order valence-electron chi connectivity index (χ4n) is 3.45. The summed E-state index contributed by atoms with van der Waals surface area (Å²) in [6.45, 7) is 5.73. The van der Waals surface area contributed by atoms with Crippen molar-refractivity contribution in [3.05, 3.63) is 73.7 Å². The van der Waals surface area contributed by atoms with Crippen LogP contribution in [-0.4, -0.2) is 35.4 Å². The Bertz CT molecular complexity index is 1230. The number of halogens is 1. The van der Waals surface area contributed by atoms with E-state index in [0.717, 1.165) is 22.6 Å². The average molecular weight is 557 g/mol. The van der Waals surface area contributed by atoms with Crippen molar-refractivity contribution in [3.63, 3.8) is 0 Å². The van der Waals surface area contributed by atoms with E-state index in [1.165, 1.54) is 3.57 Å². The molecule has 0 fully saturated rings. The quantitative estimate of drug-likeness (QED) is 0.257. The van der Waals surface area contributed by atoms with E-state index in [1.54, 1.807) is 26.3 Å². The Hall–Kier alpha value is -3.23. The van der Waals surface area contributed by atoms with Crippen LogP contribution in [0.4, 0.5) is 0 Å². The Kier molecular flexibility index (Phi) is 8.19. The van der Waals surface area contributed by atoms with Crippen molar-refractivity contribution < 1.29 is 14.3 Å². The van der Waals surface area contributed by atoms with Gasteiger partial charge in [-0.15, -0.1) is 0 Å². The lowest BCUT2D eigenvalue weighted by molar-refractivity contribution is -0.123. The van der Waals surface area contributed by atoms with Crippen molar-refractivity contribution in [3.8, 4) is 17.6 Å². The van der Waals surface area contributed by atoms with Gasteiger partial charge >= 0.3 is 0 Å². The molecule has 2 aromatic heterocycles. The molecule has 1 amide bonds. The summed E-state index contributed by atoms with van der Waals surface area (Å²) in [7, 11) is 1.54. The van der Waals surface area contributed by atoms with Gasteiger partial charge in [-0.1, -0.05) is 0 Å². The van der Waals surface area contributed by atoms with Gasteiger partial charge in [-0.3, -0.25) is 4.79 Å². The lowest BCUT2D eigenvalue weighted by atomic mass is 10.1. The third-order valence-corrected chi connectivity index (χ3v) is 5.61. The maximum atomic E-state index is 12.2. The molecule has 1 aromatic carbocycles. The van der Waals surface area contributed by atoms with E-state index in [1.807, 2.05) is 19.9 Å². The van der Waals surface area contributed by atoms with Crippen LogP contribution in [0, 0.1) is 35.7 Å². The molecule has 0 bridgehead atoms. The summed E-state index contributed by atoms with van der Waals surface area (Å²) in [5.41, 5.74) is 8.06. The number of carbonyl (C=O) groups is 1. The maximum Gasteiger partial charge on any atom is 0.278 e. The summed E-state index contributed by atoms with van der Waals surface area (Å²) < 4.78 is 13.9. The van der Waals surface area contributed by atoms with Crippen LogP contribution in [-0.2, 0) is 16.1 Å². The van der Waals surface area contributed by atoms with Crippen LogP contribution >= 0.6 is 22.6 Å². The van der Waals surface area contributed by atoms with Crippen molar-refractivity contribution in [2.24, 2.45) is 5.10 Å². The van der Waals surface area contributed by atoms with Crippen molar-refractivity contribution in [1.82, 2.24) is 15.0 Å². The highest BCUT2D eigenvalue weighted by Gasteiger charge is 2.14. The molecule has 9 heteroatoms. The van der Waals surface area contributed by atoms with Crippen molar-refractivity contribution in [2.45, 2.75) is 27.4 Å². The number of hydrogen-bond donors (Lipinski definition) is 1. The first-order chi connectivity index (χ1) is 15.8. The number of pyridine rings is 1. The summed E-state index contributed by atoms with van der Waals surface area (Å²) in [4.78, 5) is 16.4. The standard InChI is InChI=1S/C24H24IN5O3/c1-15-9-19(13-32-4)22(11-26)24(28-15)33-14-23(31)29-27-12-18-10-16(2)30(17(18)3)21-7-5-20(25)6-8-21/h5-10,12H,13-14H2,1-4H3,(H,29,31). The lowest BCUT2D eigenvalue weighted by Gasteiger charge is -2.10. The Labute approximate surface area is 206 Å². The molecule has 8 nitrogen and oxygen atoms in total.